The Morgan fingerprint density at radius 2 is 2.25 bits per heavy atom. The first kappa shape index (κ1) is 13.6. The maximum Gasteiger partial charge on any atom is 0.124 e. The Morgan fingerprint density at radius 1 is 1.35 bits per heavy atom. The van der Waals surface area contributed by atoms with Gasteiger partial charge in [-0.2, -0.15) is 0 Å². The molecule has 1 N–H and O–H groups in total. The highest BCUT2D eigenvalue weighted by Crippen LogP contribution is 2.34. The van der Waals surface area contributed by atoms with Crippen LogP contribution in [0.5, 0.6) is 5.75 Å². The standard InChI is InChI=1S/C16H17BrN2O/c1-11-3-2-4-13(19-11)10-18-15-7-8-20-16-6-5-12(17)9-14(15)16/h2-6,9,15,18H,7-8,10H2,1H3. The molecule has 2 heterocycles. The summed E-state index contributed by atoms with van der Waals surface area (Å²) >= 11 is 3.53. The van der Waals surface area contributed by atoms with Crippen LogP contribution in [0.2, 0.25) is 0 Å². The molecule has 20 heavy (non-hydrogen) atoms. The molecule has 1 aromatic carbocycles. The number of hydrogen-bond donors (Lipinski definition) is 1. The molecular weight excluding hydrogens is 316 g/mol. The normalized spacial score (nSPS) is 17.4. The molecule has 2 aromatic rings. The SMILES string of the molecule is Cc1cccc(CNC2CCOc3ccc(Br)cc32)n1. The summed E-state index contributed by atoms with van der Waals surface area (Å²) in [4.78, 5) is 4.53. The number of aromatic nitrogens is 1. The lowest BCUT2D eigenvalue weighted by atomic mass is 10.0. The predicted molar refractivity (Wildman–Crippen MR) is 82.8 cm³/mol. The number of nitrogens with one attached hydrogen (secondary N) is 1. The lowest BCUT2D eigenvalue weighted by molar-refractivity contribution is 0.252. The first-order valence-electron chi connectivity index (χ1n) is 6.80. The molecule has 0 aliphatic carbocycles. The maximum atomic E-state index is 5.70. The van der Waals surface area contributed by atoms with Crippen LogP contribution < -0.4 is 10.1 Å². The average molecular weight is 333 g/mol. The molecule has 0 saturated heterocycles. The summed E-state index contributed by atoms with van der Waals surface area (Å²) in [5, 5.41) is 3.59. The van der Waals surface area contributed by atoms with Crippen molar-refractivity contribution >= 4 is 15.9 Å². The third-order valence-electron chi connectivity index (χ3n) is 3.49. The molecule has 3 nitrogen and oxygen atoms in total. The van der Waals surface area contributed by atoms with E-state index in [9.17, 15) is 0 Å². The molecule has 1 unspecified atom stereocenters. The van der Waals surface area contributed by atoms with E-state index in [1.54, 1.807) is 0 Å². The van der Waals surface area contributed by atoms with Gasteiger partial charge in [-0.15, -0.1) is 0 Å². The largest absolute Gasteiger partial charge is 0.493 e. The van der Waals surface area contributed by atoms with Crippen LogP contribution in [0.15, 0.2) is 40.9 Å². The Hall–Kier alpha value is -1.39. The van der Waals surface area contributed by atoms with Crippen LogP contribution in [-0.2, 0) is 6.54 Å². The zero-order chi connectivity index (χ0) is 13.9. The summed E-state index contributed by atoms with van der Waals surface area (Å²) in [6.45, 7) is 3.55. The van der Waals surface area contributed by atoms with Gasteiger partial charge in [0.05, 0.1) is 12.3 Å². The summed E-state index contributed by atoms with van der Waals surface area (Å²) in [6.07, 6.45) is 0.981. The lowest BCUT2D eigenvalue weighted by Crippen LogP contribution is -2.27. The van der Waals surface area contributed by atoms with Crippen LogP contribution in [0, 0.1) is 6.92 Å². The van der Waals surface area contributed by atoms with Gasteiger partial charge in [0, 0.05) is 34.7 Å². The van der Waals surface area contributed by atoms with Gasteiger partial charge in [-0.05, 0) is 37.3 Å². The molecule has 0 bridgehead atoms. The highest BCUT2D eigenvalue weighted by atomic mass is 79.9. The van der Waals surface area contributed by atoms with Gasteiger partial charge in [-0.1, -0.05) is 22.0 Å². The second-order valence-electron chi connectivity index (χ2n) is 5.02. The number of benzene rings is 1. The van der Waals surface area contributed by atoms with Gasteiger partial charge < -0.3 is 10.1 Å². The van der Waals surface area contributed by atoms with E-state index in [1.807, 2.05) is 31.2 Å². The molecule has 0 saturated carbocycles. The van der Waals surface area contributed by atoms with E-state index in [-0.39, 0.29) is 0 Å². The third-order valence-corrected chi connectivity index (χ3v) is 3.98. The molecular formula is C16H17BrN2O. The van der Waals surface area contributed by atoms with Crippen molar-refractivity contribution in [2.24, 2.45) is 0 Å². The summed E-state index contributed by atoms with van der Waals surface area (Å²) < 4.78 is 6.79. The molecule has 1 aliphatic rings. The number of ether oxygens (including phenoxy) is 1. The number of aryl methyl sites for hydroxylation is 1. The van der Waals surface area contributed by atoms with Gasteiger partial charge in [0.1, 0.15) is 5.75 Å². The molecule has 0 amide bonds. The molecule has 1 aliphatic heterocycles. The van der Waals surface area contributed by atoms with Crippen LogP contribution in [0.1, 0.15) is 29.4 Å². The summed E-state index contributed by atoms with van der Waals surface area (Å²) in [7, 11) is 0. The fourth-order valence-electron chi connectivity index (χ4n) is 2.50. The first-order valence-corrected chi connectivity index (χ1v) is 7.60. The highest BCUT2D eigenvalue weighted by molar-refractivity contribution is 9.10. The molecule has 0 radical (unpaired) electrons. The first-order chi connectivity index (χ1) is 9.72. The van der Waals surface area contributed by atoms with E-state index < -0.39 is 0 Å². The Balaban J connectivity index is 1.75. The van der Waals surface area contributed by atoms with Crippen LogP contribution in [0.4, 0.5) is 0 Å². The van der Waals surface area contributed by atoms with Crippen LogP contribution in [0.25, 0.3) is 0 Å². The quantitative estimate of drug-likeness (QED) is 0.929. The maximum absolute atomic E-state index is 5.70. The zero-order valence-corrected chi connectivity index (χ0v) is 13.0. The summed E-state index contributed by atoms with van der Waals surface area (Å²) in [6, 6.07) is 12.6. The second kappa shape index (κ2) is 5.94. The fourth-order valence-corrected chi connectivity index (χ4v) is 2.88. The van der Waals surface area contributed by atoms with E-state index in [0.717, 1.165) is 41.2 Å². The predicted octanol–water partition coefficient (Wildman–Crippen LogP) is 3.77. The van der Waals surface area contributed by atoms with Crippen LogP contribution >= 0.6 is 15.9 Å². The van der Waals surface area contributed by atoms with Crippen molar-refractivity contribution in [1.82, 2.24) is 10.3 Å². The van der Waals surface area contributed by atoms with Crippen molar-refractivity contribution < 1.29 is 4.74 Å². The van der Waals surface area contributed by atoms with E-state index in [0.29, 0.717) is 6.04 Å². The number of nitrogens with zero attached hydrogens (tertiary/aromatic N) is 1. The van der Waals surface area contributed by atoms with Crippen molar-refractivity contribution in [3.05, 3.63) is 57.8 Å². The number of fused-ring (bicyclic) bond motifs is 1. The molecule has 3 rings (SSSR count). The van der Waals surface area contributed by atoms with Gasteiger partial charge in [0.15, 0.2) is 0 Å². The van der Waals surface area contributed by atoms with Crippen molar-refractivity contribution in [2.45, 2.75) is 25.9 Å². The van der Waals surface area contributed by atoms with Crippen molar-refractivity contribution in [3.8, 4) is 5.75 Å². The monoisotopic (exact) mass is 332 g/mol. The van der Waals surface area contributed by atoms with Gasteiger partial charge in [0.25, 0.3) is 0 Å². The lowest BCUT2D eigenvalue weighted by Gasteiger charge is -2.27. The Bertz CT molecular complexity index is 615. The van der Waals surface area contributed by atoms with E-state index in [2.05, 4.69) is 38.4 Å². The number of rotatable bonds is 3. The van der Waals surface area contributed by atoms with Crippen molar-refractivity contribution in [3.63, 3.8) is 0 Å². The minimum Gasteiger partial charge on any atom is -0.493 e. The highest BCUT2D eigenvalue weighted by Gasteiger charge is 2.21. The average Bonchev–Trinajstić information content (AvgIpc) is 2.45. The minimum absolute atomic E-state index is 0.318. The van der Waals surface area contributed by atoms with Crippen LogP contribution in [-0.4, -0.2) is 11.6 Å². The van der Waals surface area contributed by atoms with E-state index >= 15 is 0 Å². The van der Waals surface area contributed by atoms with E-state index in [1.165, 1.54) is 5.56 Å². The topological polar surface area (TPSA) is 34.1 Å². The van der Waals surface area contributed by atoms with Crippen LogP contribution in [0.3, 0.4) is 0 Å². The van der Waals surface area contributed by atoms with E-state index in [4.69, 9.17) is 4.74 Å². The smallest absolute Gasteiger partial charge is 0.124 e. The fraction of sp³-hybridized carbons (Fsp3) is 0.312. The van der Waals surface area contributed by atoms with Gasteiger partial charge in [-0.25, -0.2) is 0 Å². The van der Waals surface area contributed by atoms with Crippen molar-refractivity contribution in [2.75, 3.05) is 6.61 Å². The van der Waals surface area contributed by atoms with Gasteiger partial charge in [0.2, 0.25) is 0 Å². The summed E-state index contributed by atoms with van der Waals surface area (Å²) in [5.74, 6) is 0.981. The third kappa shape index (κ3) is 3.02. The Kier molecular flexibility index (Phi) is 4.03. The molecule has 1 aromatic heterocycles. The van der Waals surface area contributed by atoms with Gasteiger partial charge >= 0.3 is 0 Å². The second-order valence-corrected chi connectivity index (χ2v) is 5.94. The molecule has 4 heteroatoms. The number of halogens is 1. The minimum atomic E-state index is 0.318. The number of hydrogen-bond acceptors (Lipinski definition) is 3. The Morgan fingerprint density at radius 3 is 3.10 bits per heavy atom. The molecule has 0 spiro atoms. The van der Waals surface area contributed by atoms with Gasteiger partial charge in [-0.3, -0.25) is 4.98 Å². The molecule has 1 atom stereocenters. The van der Waals surface area contributed by atoms with Crippen molar-refractivity contribution in [1.29, 1.82) is 0 Å². The number of pyridine rings is 1. The molecule has 0 fully saturated rings. The zero-order valence-electron chi connectivity index (χ0n) is 11.4. The Labute approximate surface area is 127 Å². The summed E-state index contributed by atoms with van der Waals surface area (Å²) in [5.41, 5.74) is 3.35. The molecule has 104 valence electrons.